The van der Waals surface area contributed by atoms with Crippen LogP contribution in [-0.4, -0.2) is 18.2 Å². The van der Waals surface area contributed by atoms with E-state index in [1.54, 1.807) is 43.5 Å². The number of rotatable bonds is 4. The second kappa shape index (κ2) is 8.37. The molecule has 1 fully saturated rings. The van der Waals surface area contributed by atoms with Gasteiger partial charge in [0, 0.05) is 6.08 Å². The molecule has 0 bridgehead atoms. The van der Waals surface area contributed by atoms with Gasteiger partial charge in [-0.05, 0) is 48.2 Å². The average molecular weight is 445 g/mol. The van der Waals surface area contributed by atoms with Gasteiger partial charge in [0.05, 0.1) is 27.6 Å². The van der Waals surface area contributed by atoms with Gasteiger partial charge in [-0.2, -0.15) is 0 Å². The minimum Gasteiger partial charge on any atom is -0.494 e. The van der Waals surface area contributed by atoms with E-state index in [9.17, 15) is 4.79 Å². The number of para-hydroxylation sites is 2. The number of thioether (sulfide) groups is 1. The summed E-state index contributed by atoms with van der Waals surface area (Å²) >= 11 is 13.7. The molecule has 1 aliphatic rings. The van der Waals surface area contributed by atoms with Crippen LogP contribution in [0.1, 0.15) is 5.76 Å². The number of ether oxygens (including phenoxy) is 1. The number of hydrogen-bond donors (Lipinski definition) is 1. The van der Waals surface area contributed by atoms with Crippen LogP contribution in [0.5, 0.6) is 5.75 Å². The van der Waals surface area contributed by atoms with Gasteiger partial charge in [-0.1, -0.05) is 41.4 Å². The third-order valence-corrected chi connectivity index (χ3v) is 5.61. The lowest BCUT2D eigenvalue weighted by atomic mass is 10.2. The van der Waals surface area contributed by atoms with Crippen LogP contribution in [0.4, 0.5) is 5.69 Å². The van der Waals surface area contributed by atoms with E-state index in [1.807, 2.05) is 24.3 Å². The number of nitrogens with zero attached hydrogens (tertiary/aromatic N) is 1. The number of benzene rings is 2. The number of amides is 1. The Morgan fingerprint density at radius 3 is 2.59 bits per heavy atom. The second-order valence-electron chi connectivity index (χ2n) is 5.95. The summed E-state index contributed by atoms with van der Waals surface area (Å²) < 4.78 is 11.1. The van der Waals surface area contributed by atoms with Crippen LogP contribution in [0.15, 0.2) is 68.9 Å². The third-order valence-electron chi connectivity index (χ3n) is 4.07. The van der Waals surface area contributed by atoms with Crippen molar-refractivity contribution in [2.75, 3.05) is 7.11 Å². The van der Waals surface area contributed by atoms with E-state index >= 15 is 0 Å². The molecule has 29 heavy (non-hydrogen) atoms. The van der Waals surface area contributed by atoms with Gasteiger partial charge in [0.2, 0.25) is 0 Å². The molecular formula is C21H14Cl2N2O3S. The van der Waals surface area contributed by atoms with Gasteiger partial charge in [0.25, 0.3) is 5.91 Å². The van der Waals surface area contributed by atoms with Crippen LogP contribution < -0.4 is 10.1 Å². The number of furan rings is 1. The molecule has 0 spiro atoms. The number of carbonyl (C=O) groups excluding carboxylic acids is 1. The van der Waals surface area contributed by atoms with Crippen molar-refractivity contribution in [1.82, 2.24) is 5.32 Å². The maximum atomic E-state index is 12.3. The molecular weight excluding hydrogens is 431 g/mol. The Kier molecular flexibility index (Phi) is 5.67. The fourth-order valence-corrected chi connectivity index (χ4v) is 4.14. The molecule has 5 nitrogen and oxygen atoms in total. The molecule has 8 heteroatoms. The minimum atomic E-state index is -0.252. The highest BCUT2D eigenvalue weighted by molar-refractivity contribution is 8.18. The summed E-state index contributed by atoms with van der Waals surface area (Å²) in [7, 11) is 1.57. The summed E-state index contributed by atoms with van der Waals surface area (Å²) in [4.78, 5) is 17.2. The number of carbonyl (C=O) groups is 1. The van der Waals surface area contributed by atoms with E-state index in [0.29, 0.717) is 48.6 Å². The quantitative estimate of drug-likeness (QED) is 0.489. The molecule has 2 aromatic carbocycles. The first kappa shape index (κ1) is 19.6. The van der Waals surface area contributed by atoms with Gasteiger partial charge < -0.3 is 14.5 Å². The Morgan fingerprint density at radius 2 is 1.83 bits per heavy atom. The third kappa shape index (κ3) is 4.19. The summed E-state index contributed by atoms with van der Waals surface area (Å²) in [5, 5.41) is 4.19. The van der Waals surface area contributed by atoms with Crippen molar-refractivity contribution in [3.63, 3.8) is 0 Å². The fraction of sp³-hybridized carbons (Fsp3) is 0.0476. The van der Waals surface area contributed by atoms with E-state index in [2.05, 4.69) is 10.3 Å². The van der Waals surface area contributed by atoms with Crippen molar-refractivity contribution in [3.05, 3.63) is 75.3 Å². The van der Waals surface area contributed by atoms with Gasteiger partial charge in [-0.15, -0.1) is 0 Å². The molecule has 4 rings (SSSR count). The summed E-state index contributed by atoms with van der Waals surface area (Å²) in [6.45, 7) is 0. The van der Waals surface area contributed by atoms with E-state index in [-0.39, 0.29) is 5.91 Å². The molecule has 2 heterocycles. The predicted octanol–water partition coefficient (Wildman–Crippen LogP) is 6.15. The van der Waals surface area contributed by atoms with Crippen LogP contribution >= 0.6 is 35.0 Å². The monoisotopic (exact) mass is 444 g/mol. The van der Waals surface area contributed by atoms with Crippen LogP contribution in [0.25, 0.3) is 17.4 Å². The molecule has 0 aliphatic carbocycles. The van der Waals surface area contributed by atoms with Gasteiger partial charge in [0.1, 0.15) is 23.0 Å². The van der Waals surface area contributed by atoms with Gasteiger partial charge >= 0.3 is 0 Å². The average Bonchev–Trinajstić information content (AvgIpc) is 3.29. The van der Waals surface area contributed by atoms with Gasteiger partial charge in [-0.3, -0.25) is 4.79 Å². The maximum absolute atomic E-state index is 12.3. The van der Waals surface area contributed by atoms with Crippen LogP contribution in [0.3, 0.4) is 0 Å². The second-order valence-corrected chi connectivity index (χ2v) is 7.80. The molecule has 146 valence electrons. The normalized spacial score (nSPS) is 16.4. The first-order chi connectivity index (χ1) is 14.0. The molecule has 1 aliphatic heterocycles. The van der Waals surface area contributed by atoms with Crippen molar-refractivity contribution in [3.8, 4) is 17.1 Å². The summed E-state index contributed by atoms with van der Waals surface area (Å²) in [5.74, 6) is 1.41. The number of halogens is 2. The van der Waals surface area contributed by atoms with Crippen LogP contribution in [-0.2, 0) is 4.79 Å². The standard InChI is InChI=1S/C21H14Cl2N2O3S/c1-27-16-8-3-2-7-15(16)24-21-25-20(26)18(29-21)11-12-9-10-17(28-12)19-13(22)5-4-6-14(19)23/h2-11H,1H3,(H,24,25,26). The zero-order valence-electron chi connectivity index (χ0n) is 15.1. The summed E-state index contributed by atoms with van der Waals surface area (Å²) in [6.07, 6.45) is 1.65. The zero-order chi connectivity index (χ0) is 20.4. The largest absolute Gasteiger partial charge is 0.494 e. The molecule has 0 unspecified atom stereocenters. The fourth-order valence-electron chi connectivity index (χ4n) is 2.74. The Balaban J connectivity index is 1.59. The van der Waals surface area contributed by atoms with E-state index in [1.165, 1.54) is 11.8 Å². The van der Waals surface area contributed by atoms with Crippen molar-refractivity contribution in [1.29, 1.82) is 0 Å². The molecule has 3 aromatic rings. The highest BCUT2D eigenvalue weighted by atomic mass is 35.5. The molecule has 0 radical (unpaired) electrons. The Labute approximate surface area is 181 Å². The maximum Gasteiger partial charge on any atom is 0.264 e. The molecule has 1 aromatic heterocycles. The summed E-state index contributed by atoms with van der Waals surface area (Å²) in [6, 6.07) is 16.1. The zero-order valence-corrected chi connectivity index (χ0v) is 17.4. The Bertz CT molecular complexity index is 1130. The predicted molar refractivity (Wildman–Crippen MR) is 118 cm³/mol. The summed E-state index contributed by atoms with van der Waals surface area (Å²) in [5.41, 5.74) is 1.25. The lowest BCUT2D eigenvalue weighted by molar-refractivity contribution is -0.115. The van der Waals surface area contributed by atoms with Crippen LogP contribution in [0.2, 0.25) is 10.0 Å². The Hall–Kier alpha value is -2.67. The smallest absolute Gasteiger partial charge is 0.264 e. The Morgan fingerprint density at radius 1 is 1.07 bits per heavy atom. The first-order valence-electron chi connectivity index (χ1n) is 8.52. The lowest BCUT2D eigenvalue weighted by Gasteiger charge is -2.03. The number of amidine groups is 1. The van der Waals surface area contributed by atoms with Crippen LogP contribution in [0, 0.1) is 0 Å². The van der Waals surface area contributed by atoms with Crippen molar-refractivity contribution < 1.29 is 13.9 Å². The van der Waals surface area contributed by atoms with E-state index in [0.717, 1.165) is 0 Å². The highest BCUT2D eigenvalue weighted by Crippen LogP contribution is 2.37. The van der Waals surface area contributed by atoms with Crippen molar-refractivity contribution in [2.24, 2.45) is 4.99 Å². The van der Waals surface area contributed by atoms with E-state index in [4.69, 9.17) is 32.4 Å². The lowest BCUT2D eigenvalue weighted by Crippen LogP contribution is -2.19. The molecule has 0 atom stereocenters. The highest BCUT2D eigenvalue weighted by Gasteiger charge is 2.25. The molecule has 1 saturated heterocycles. The molecule has 1 amide bonds. The van der Waals surface area contributed by atoms with Crippen molar-refractivity contribution in [2.45, 2.75) is 0 Å². The van der Waals surface area contributed by atoms with E-state index < -0.39 is 0 Å². The van der Waals surface area contributed by atoms with Crippen molar-refractivity contribution >= 4 is 57.8 Å². The molecule has 0 saturated carbocycles. The number of nitrogens with one attached hydrogen (secondary N) is 1. The van der Waals surface area contributed by atoms with Gasteiger partial charge in [-0.25, -0.2) is 4.99 Å². The number of methoxy groups -OCH3 is 1. The number of aliphatic imine (C=N–C) groups is 1. The topological polar surface area (TPSA) is 63.8 Å². The number of hydrogen-bond acceptors (Lipinski definition) is 5. The first-order valence-corrected chi connectivity index (χ1v) is 10.1. The minimum absolute atomic E-state index is 0.252. The molecule has 1 N–H and O–H groups in total. The van der Waals surface area contributed by atoms with Gasteiger partial charge in [0.15, 0.2) is 5.17 Å². The SMILES string of the molecule is COc1ccccc1N=C1NC(=O)C(=Cc2ccc(-c3c(Cl)cccc3Cl)o2)S1.